The molecule has 3 atom stereocenters. The van der Waals surface area contributed by atoms with Gasteiger partial charge in [-0.15, -0.1) is 0 Å². The zero-order valence-electron chi connectivity index (χ0n) is 37.1. The number of ether oxygens (including phenoxy) is 2. The van der Waals surface area contributed by atoms with Crippen LogP contribution in [0.25, 0.3) is 0 Å². The number of carboxylic acid groups (broad SMARTS) is 3. The zero-order chi connectivity index (χ0) is 45.6. The molecule has 0 aliphatic rings. The molecule has 1 rings (SSSR count). The molecule has 0 aromatic carbocycles. The van der Waals surface area contributed by atoms with E-state index >= 15 is 0 Å². The summed E-state index contributed by atoms with van der Waals surface area (Å²) in [5, 5.41) is 33.2. The van der Waals surface area contributed by atoms with Gasteiger partial charge in [-0.25, -0.2) is 4.98 Å². The average molecular weight is 880 g/mol. The summed E-state index contributed by atoms with van der Waals surface area (Å²) in [6, 6.07) is -0.819. The first-order valence-electron chi connectivity index (χ1n) is 23.0. The number of ketones is 2. The Kier molecular flexibility index (Phi) is 33.6. The average Bonchev–Trinajstić information content (AvgIpc) is 3.74. The van der Waals surface area contributed by atoms with Crippen molar-refractivity contribution in [1.82, 2.24) is 20.6 Å². The fourth-order valence-electron chi connectivity index (χ4n) is 7.05. The molecule has 1 aromatic heterocycles. The van der Waals surface area contributed by atoms with Crippen molar-refractivity contribution in [1.29, 1.82) is 0 Å². The van der Waals surface area contributed by atoms with Crippen LogP contribution in [0.5, 0.6) is 0 Å². The van der Waals surface area contributed by atoms with Gasteiger partial charge in [0.05, 0.1) is 44.0 Å². The predicted octanol–water partition coefficient (Wildman–Crippen LogP) is 5.92. The van der Waals surface area contributed by atoms with E-state index in [0.717, 1.165) is 44.9 Å². The van der Waals surface area contributed by atoms with Crippen molar-refractivity contribution in [2.75, 3.05) is 39.5 Å². The minimum absolute atomic E-state index is 0.0120. The number of aliphatic carboxylic acids is 3. The summed E-state index contributed by atoms with van der Waals surface area (Å²) >= 11 is 0. The second-order valence-electron chi connectivity index (χ2n) is 16.3. The molecule has 0 saturated carbocycles. The minimum Gasteiger partial charge on any atom is -0.481 e. The first-order valence-corrected chi connectivity index (χ1v) is 23.0. The molecule has 0 spiro atoms. The Morgan fingerprint density at radius 2 is 1.13 bits per heavy atom. The molecular weight excluding hydrogens is 803 g/mol. The van der Waals surface area contributed by atoms with E-state index in [1.807, 2.05) is 0 Å². The van der Waals surface area contributed by atoms with Crippen LogP contribution in [0.3, 0.4) is 0 Å². The monoisotopic (exact) mass is 880 g/mol. The number of hydrogen-bond acceptors (Lipinski definition) is 11. The van der Waals surface area contributed by atoms with Crippen LogP contribution in [-0.2, 0) is 49.5 Å². The van der Waals surface area contributed by atoms with Gasteiger partial charge in [-0.2, -0.15) is 0 Å². The fraction of sp³-hybridized carbons (Fsp3) is 0.778. The summed E-state index contributed by atoms with van der Waals surface area (Å²) < 4.78 is 10.7. The lowest BCUT2D eigenvalue weighted by molar-refractivity contribution is -0.144. The molecule has 62 heavy (non-hydrogen) atoms. The number of hydrogen-bond donors (Lipinski definition) is 7. The maximum atomic E-state index is 12.5. The third-order valence-electron chi connectivity index (χ3n) is 10.8. The molecule has 0 aliphatic carbocycles. The van der Waals surface area contributed by atoms with E-state index < -0.39 is 35.8 Å². The van der Waals surface area contributed by atoms with E-state index in [-0.39, 0.29) is 101 Å². The molecule has 1 aromatic rings. The smallest absolute Gasteiger partial charge is 0.306 e. The lowest BCUT2D eigenvalue weighted by atomic mass is 9.92. The number of carbonyl (C=O) groups excluding carboxylic acids is 4. The highest BCUT2D eigenvalue weighted by atomic mass is 16.5. The van der Waals surface area contributed by atoms with Crippen LogP contribution < -0.4 is 16.4 Å². The van der Waals surface area contributed by atoms with E-state index in [0.29, 0.717) is 31.5 Å². The molecular formula is C45H77N5O12. The van der Waals surface area contributed by atoms with Gasteiger partial charge in [0.1, 0.15) is 12.4 Å². The Bertz CT molecular complexity index is 1390. The van der Waals surface area contributed by atoms with Gasteiger partial charge in [0.2, 0.25) is 11.8 Å². The Labute approximate surface area is 367 Å². The van der Waals surface area contributed by atoms with Gasteiger partial charge in [-0.05, 0) is 32.1 Å². The van der Waals surface area contributed by atoms with Gasteiger partial charge < -0.3 is 46.1 Å². The lowest BCUT2D eigenvalue weighted by Crippen LogP contribution is -2.35. The number of nitrogens with two attached hydrogens (primary N) is 1. The van der Waals surface area contributed by atoms with Gasteiger partial charge in [0.25, 0.3) is 0 Å². The third kappa shape index (κ3) is 32.5. The van der Waals surface area contributed by atoms with Crippen molar-refractivity contribution in [2.24, 2.45) is 17.6 Å². The molecule has 0 aliphatic heterocycles. The number of H-pyrrole nitrogens is 1. The van der Waals surface area contributed by atoms with E-state index in [1.54, 1.807) is 6.20 Å². The highest BCUT2D eigenvalue weighted by Gasteiger charge is 2.25. The molecule has 1 heterocycles. The maximum Gasteiger partial charge on any atom is 0.306 e. The van der Waals surface area contributed by atoms with E-state index in [2.05, 4.69) is 20.6 Å². The molecule has 17 nitrogen and oxygen atoms in total. The Balaban J connectivity index is 1.98. The lowest BCUT2D eigenvalue weighted by Gasteiger charge is -2.15. The van der Waals surface area contributed by atoms with Crippen molar-refractivity contribution >= 4 is 41.3 Å². The van der Waals surface area contributed by atoms with Gasteiger partial charge >= 0.3 is 17.9 Å². The van der Waals surface area contributed by atoms with E-state index in [9.17, 15) is 43.8 Å². The quantitative estimate of drug-likeness (QED) is 0.0375. The second-order valence-corrected chi connectivity index (χ2v) is 16.3. The van der Waals surface area contributed by atoms with Crippen molar-refractivity contribution in [3.8, 4) is 0 Å². The molecule has 0 fully saturated rings. The summed E-state index contributed by atoms with van der Waals surface area (Å²) in [5.74, 6) is -5.67. The molecule has 0 radical (unpaired) electrons. The third-order valence-corrected chi connectivity index (χ3v) is 10.8. The molecule has 0 bridgehead atoms. The molecule has 354 valence electrons. The highest BCUT2D eigenvalue weighted by molar-refractivity contribution is 5.88. The Morgan fingerprint density at radius 3 is 1.68 bits per heavy atom. The standard InChI is InChI=1S/C45H77N5O12/c46-39(31-37-32-47-34-50-37)40(52)30-35(44(57)58)19-17-18-24-48-42(54)33-62-28-27-61-26-25-49-41(53)23-22-36(45(59)60)29-38(51)20-15-13-11-9-7-5-3-1-2-4-6-8-10-12-14-16-21-43(55)56/h32,34-36,39H,1-31,33,46H2,(H,47,50)(H,48,54)(H,49,53)(H,55,56)(H,57,58)(H,59,60)/t35-,36-,39+/m1/s1. The molecule has 2 amide bonds. The maximum absolute atomic E-state index is 12.5. The number of aromatic amines is 1. The number of carbonyl (C=O) groups is 7. The van der Waals surface area contributed by atoms with Gasteiger partial charge in [0, 0.05) is 63.5 Å². The number of nitrogens with zero attached hydrogens (tertiary/aromatic N) is 1. The molecule has 0 unspecified atom stereocenters. The number of Topliss-reactive ketones (excluding diaryl/α,β-unsaturated/α-hetero) is 2. The summed E-state index contributed by atoms with van der Waals surface area (Å²) in [5.41, 5.74) is 6.63. The van der Waals surface area contributed by atoms with Crippen LogP contribution in [0.2, 0.25) is 0 Å². The van der Waals surface area contributed by atoms with Crippen molar-refractivity contribution in [2.45, 2.75) is 173 Å². The number of rotatable bonds is 44. The Morgan fingerprint density at radius 1 is 0.597 bits per heavy atom. The number of unbranched alkanes of at least 4 members (excludes halogenated alkanes) is 16. The van der Waals surface area contributed by atoms with Crippen LogP contribution in [0, 0.1) is 11.8 Å². The number of amides is 2. The molecule has 0 saturated heterocycles. The van der Waals surface area contributed by atoms with Crippen molar-refractivity contribution < 1.29 is 58.4 Å². The largest absolute Gasteiger partial charge is 0.481 e. The fourth-order valence-corrected chi connectivity index (χ4v) is 7.05. The summed E-state index contributed by atoms with van der Waals surface area (Å²) in [4.78, 5) is 89.8. The first kappa shape index (κ1) is 55.8. The summed E-state index contributed by atoms with van der Waals surface area (Å²) in [6.07, 6.45) is 23.1. The number of imidazole rings is 1. The number of nitrogens with one attached hydrogen (secondary N) is 3. The summed E-state index contributed by atoms with van der Waals surface area (Å²) in [7, 11) is 0. The van der Waals surface area contributed by atoms with Gasteiger partial charge in [0.15, 0.2) is 5.78 Å². The topological polar surface area (TPSA) is 277 Å². The number of carboxylic acids is 3. The summed E-state index contributed by atoms with van der Waals surface area (Å²) in [6.45, 7) is 0.898. The van der Waals surface area contributed by atoms with Crippen LogP contribution in [-0.4, -0.2) is 112 Å². The Hall–Kier alpha value is -4.22. The highest BCUT2D eigenvalue weighted by Crippen LogP contribution is 2.18. The van der Waals surface area contributed by atoms with E-state index in [1.165, 1.54) is 64.1 Å². The molecule has 8 N–H and O–H groups in total. The minimum atomic E-state index is -1.08. The first-order chi connectivity index (χ1) is 29.9. The van der Waals surface area contributed by atoms with Crippen LogP contribution in [0.15, 0.2) is 12.5 Å². The molecule has 17 heteroatoms. The van der Waals surface area contributed by atoms with Crippen molar-refractivity contribution in [3.05, 3.63) is 18.2 Å². The zero-order valence-corrected chi connectivity index (χ0v) is 37.1. The van der Waals surface area contributed by atoms with Crippen LogP contribution >= 0.6 is 0 Å². The predicted molar refractivity (Wildman–Crippen MR) is 233 cm³/mol. The van der Waals surface area contributed by atoms with Crippen molar-refractivity contribution in [3.63, 3.8) is 0 Å². The van der Waals surface area contributed by atoms with E-state index in [4.69, 9.17) is 20.3 Å². The van der Waals surface area contributed by atoms with Gasteiger partial charge in [-0.1, -0.05) is 96.3 Å². The number of aromatic nitrogens is 2. The second kappa shape index (κ2) is 37.3. The SMILES string of the molecule is N[C@@H](Cc1cnc[nH]1)C(=O)C[C@@H](CCCCNC(=O)COCCOCCNC(=O)CC[C@H](CC(=O)CCCCCCCCCCCCCCCCCCC(=O)O)C(=O)O)C(=O)O. The van der Waals surface area contributed by atoms with Crippen LogP contribution in [0.1, 0.15) is 166 Å². The normalized spacial score (nSPS) is 12.7. The van der Waals surface area contributed by atoms with Crippen LogP contribution in [0.4, 0.5) is 0 Å². The van der Waals surface area contributed by atoms with Gasteiger partial charge in [-0.3, -0.25) is 33.6 Å².